The zero-order chi connectivity index (χ0) is 20.0. The van der Waals surface area contributed by atoms with Gasteiger partial charge in [0, 0.05) is 46.6 Å². The molecule has 3 rings (SSSR count). The van der Waals surface area contributed by atoms with E-state index in [4.69, 9.17) is 0 Å². The maximum Gasteiger partial charge on any atom is 0.230 e. The van der Waals surface area contributed by atoms with E-state index in [1.54, 1.807) is 24.5 Å². The van der Waals surface area contributed by atoms with Crippen LogP contribution in [0.25, 0.3) is 5.69 Å². The molecular formula is C21H30N6O. The van der Waals surface area contributed by atoms with Crippen LogP contribution in [-0.2, 0) is 11.3 Å². The van der Waals surface area contributed by atoms with Gasteiger partial charge >= 0.3 is 0 Å². The van der Waals surface area contributed by atoms with E-state index in [1.165, 1.54) is 0 Å². The second-order valence-corrected chi connectivity index (χ2v) is 7.57. The van der Waals surface area contributed by atoms with Gasteiger partial charge in [0.05, 0.1) is 17.4 Å². The van der Waals surface area contributed by atoms with Gasteiger partial charge in [0.25, 0.3) is 0 Å². The predicted molar refractivity (Wildman–Crippen MR) is 111 cm³/mol. The van der Waals surface area contributed by atoms with Crippen molar-refractivity contribution < 1.29 is 4.79 Å². The van der Waals surface area contributed by atoms with Gasteiger partial charge < -0.3 is 20.1 Å². The van der Waals surface area contributed by atoms with E-state index < -0.39 is 0 Å². The minimum absolute atomic E-state index is 0.207. The van der Waals surface area contributed by atoms with Crippen molar-refractivity contribution in [2.75, 3.05) is 27.7 Å². The maximum atomic E-state index is 12.7. The summed E-state index contributed by atoms with van der Waals surface area (Å²) in [5.74, 6) is 0.914. The molecule has 0 bridgehead atoms. The third kappa shape index (κ3) is 4.35. The van der Waals surface area contributed by atoms with Crippen molar-refractivity contribution in [1.29, 1.82) is 0 Å². The Morgan fingerprint density at radius 1 is 1.25 bits per heavy atom. The summed E-state index contributed by atoms with van der Waals surface area (Å²) in [6.45, 7) is 1.23. The quantitative estimate of drug-likeness (QED) is 0.593. The van der Waals surface area contributed by atoms with E-state index in [9.17, 15) is 4.79 Å². The van der Waals surface area contributed by atoms with Crippen molar-refractivity contribution in [1.82, 2.24) is 25.1 Å². The Bertz CT molecular complexity index is 806. The van der Waals surface area contributed by atoms with E-state index in [0.29, 0.717) is 19.0 Å². The fourth-order valence-electron chi connectivity index (χ4n) is 3.96. The highest BCUT2D eigenvalue weighted by molar-refractivity contribution is 5.85. The van der Waals surface area contributed by atoms with E-state index in [2.05, 4.69) is 32.7 Å². The molecule has 1 fully saturated rings. The van der Waals surface area contributed by atoms with Crippen LogP contribution in [0.15, 0.2) is 48.0 Å². The van der Waals surface area contributed by atoms with E-state index in [-0.39, 0.29) is 11.3 Å². The van der Waals surface area contributed by atoms with Gasteiger partial charge in [-0.2, -0.15) is 0 Å². The molecule has 0 unspecified atom stereocenters. The highest BCUT2D eigenvalue weighted by Crippen LogP contribution is 2.38. The highest BCUT2D eigenvalue weighted by Gasteiger charge is 2.42. The lowest BCUT2D eigenvalue weighted by Crippen LogP contribution is -2.49. The monoisotopic (exact) mass is 382 g/mol. The first-order valence-corrected chi connectivity index (χ1v) is 9.78. The first-order valence-electron chi connectivity index (χ1n) is 9.78. The minimum Gasteiger partial charge on any atom is -0.355 e. The molecule has 1 amide bonds. The van der Waals surface area contributed by atoms with Gasteiger partial charge in [-0.3, -0.25) is 9.79 Å². The lowest BCUT2D eigenvalue weighted by Gasteiger charge is -2.31. The molecule has 1 saturated carbocycles. The number of nitrogens with one attached hydrogen (secondary N) is 2. The summed E-state index contributed by atoms with van der Waals surface area (Å²) in [6, 6.07) is 8.20. The number of imidazole rings is 1. The number of hydrogen-bond donors (Lipinski definition) is 2. The Hall–Kier alpha value is -2.83. The van der Waals surface area contributed by atoms with Crippen LogP contribution in [0.2, 0.25) is 0 Å². The molecule has 7 nitrogen and oxygen atoms in total. The molecule has 2 N–H and O–H groups in total. The molecule has 1 aliphatic rings. The number of carbonyl (C=O) groups excluding carboxylic acids is 1. The van der Waals surface area contributed by atoms with Crippen LogP contribution in [0.5, 0.6) is 0 Å². The number of hydrogen-bond acceptors (Lipinski definition) is 3. The average molecular weight is 383 g/mol. The molecule has 150 valence electrons. The summed E-state index contributed by atoms with van der Waals surface area (Å²) < 4.78 is 2.00. The predicted octanol–water partition coefficient (Wildman–Crippen LogP) is 2.19. The largest absolute Gasteiger partial charge is 0.355 e. The molecule has 1 aromatic carbocycles. The number of amides is 1. The lowest BCUT2D eigenvalue weighted by molar-refractivity contribution is -0.138. The van der Waals surface area contributed by atoms with Gasteiger partial charge in [-0.05, 0) is 24.5 Å². The number of para-hydroxylation sites is 1. The van der Waals surface area contributed by atoms with Gasteiger partial charge in [-0.15, -0.1) is 0 Å². The fourth-order valence-corrected chi connectivity index (χ4v) is 3.96. The Kier molecular flexibility index (Phi) is 6.34. The van der Waals surface area contributed by atoms with Crippen LogP contribution in [0.1, 0.15) is 31.2 Å². The number of aromatic nitrogens is 2. The summed E-state index contributed by atoms with van der Waals surface area (Å²) in [6.07, 6.45) is 9.56. The fraction of sp³-hybridized carbons (Fsp3) is 0.476. The molecule has 0 atom stereocenters. The van der Waals surface area contributed by atoms with E-state index in [0.717, 1.165) is 36.9 Å². The third-order valence-electron chi connectivity index (χ3n) is 5.46. The molecule has 0 saturated heterocycles. The number of aliphatic imine (C=N–C) groups is 1. The van der Waals surface area contributed by atoms with Gasteiger partial charge in [-0.1, -0.05) is 31.0 Å². The Morgan fingerprint density at radius 2 is 2.00 bits per heavy atom. The molecule has 1 aromatic heterocycles. The van der Waals surface area contributed by atoms with Crippen LogP contribution in [0, 0.1) is 5.41 Å². The molecule has 0 aliphatic heterocycles. The zero-order valence-corrected chi connectivity index (χ0v) is 17.0. The topological polar surface area (TPSA) is 74.5 Å². The normalized spacial score (nSPS) is 16.0. The molecule has 0 radical (unpaired) electrons. The summed E-state index contributed by atoms with van der Waals surface area (Å²) in [5.41, 5.74) is 1.90. The zero-order valence-electron chi connectivity index (χ0n) is 17.0. The third-order valence-corrected chi connectivity index (χ3v) is 5.46. The Balaban J connectivity index is 1.64. The lowest BCUT2D eigenvalue weighted by atomic mass is 9.84. The SMILES string of the molecule is CN=C(NCc1ccccc1-n1ccnc1)NCC1(C(=O)N(C)C)CCCC1. The average Bonchev–Trinajstić information content (AvgIpc) is 3.40. The van der Waals surface area contributed by atoms with Gasteiger partial charge in [0.15, 0.2) is 5.96 Å². The standard InChI is InChI=1S/C21H30N6O/c1-22-20(25-15-21(10-6-7-11-21)19(28)26(2)3)24-14-17-8-4-5-9-18(17)27-13-12-23-16-27/h4-5,8-9,12-13,16H,6-7,10-11,14-15H2,1-3H3,(H2,22,24,25). The Labute approximate surface area is 166 Å². The van der Waals surface area contributed by atoms with Crippen LogP contribution in [-0.4, -0.2) is 54.0 Å². The number of carbonyl (C=O) groups is 1. The maximum absolute atomic E-state index is 12.7. The molecule has 0 spiro atoms. The molecular weight excluding hydrogens is 352 g/mol. The minimum atomic E-state index is -0.324. The van der Waals surface area contributed by atoms with E-state index in [1.807, 2.05) is 37.0 Å². The van der Waals surface area contributed by atoms with Gasteiger partial charge in [-0.25, -0.2) is 4.98 Å². The summed E-state index contributed by atoms with van der Waals surface area (Å²) in [5, 5.41) is 6.76. The second kappa shape index (κ2) is 8.91. The smallest absolute Gasteiger partial charge is 0.230 e. The highest BCUT2D eigenvalue weighted by atomic mass is 16.2. The van der Waals surface area contributed by atoms with Gasteiger partial charge in [0.2, 0.25) is 5.91 Å². The van der Waals surface area contributed by atoms with Crippen molar-refractivity contribution in [2.45, 2.75) is 32.2 Å². The first kappa shape index (κ1) is 19.9. The second-order valence-electron chi connectivity index (χ2n) is 7.57. The molecule has 1 heterocycles. The van der Waals surface area contributed by atoms with Crippen LogP contribution in [0.4, 0.5) is 0 Å². The van der Waals surface area contributed by atoms with Crippen LogP contribution >= 0.6 is 0 Å². The first-order chi connectivity index (χ1) is 13.6. The molecule has 7 heteroatoms. The number of guanidine groups is 1. The van der Waals surface area contributed by atoms with E-state index >= 15 is 0 Å². The summed E-state index contributed by atoms with van der Waals surface area (Å²) in [4.78, 5) is 22.9. The van der Waals surface area contributed by atoms with Crippen molar-refractivity contribution in [2.24, 2.45) is 10.4 Å². The number of benzene rings is 1. The summed E-state index contributed by atoms with van der Waals surface area (Å²) in [7, 11) is 5.43. The number of rotatable bonds is 6. The summed E-state index contributed by atoms with van der Waals surface area (Å²) >= 11 is 0. The van der Waals surface area contributed by atoms with Crippen molar-refractivity contribution in [3.8, 4) is 5.69 Å². The van der Waals surface area contributed by atoms with Crippen LogP contribution < -0.4 is 10.6 Å². The van der Waals surface area contributed by atoms with Crippen molar-refractivity contribution in [3.05, 3.63) is 48.5 Å². The Morgan fingerprint density at radius 3 is 2.64 bits per heavy atom. The number of nitrogens with zero attached hydrogens (tertiary/aromatic N) is 4. The molecule has 28 heavy (non-hydrogen) atoms. The van der Waals surface area contributed by atoms with Gasteiger partial charge in [0.1, 0.15) is 0 Å². The van der Waals surface area contributed by atoms with Crippen molar-refractivity contribution in [3.63, 3.8) is 0 Å². The molecule has 2 aromatic rings. The van der Waals surface area contributed by atoms with Crippen molar-refractivity contribution >= 4 is 11.9 Å². The molecule has 1 aliphatic carbocycles. The van der Waals surface area contributed by atoms with Crippen LogP contribution in [0.3, 0.4) is 0 Å².